The van der Waals surface area contributed by atoms with Crippen molar-refractivity contribution in [1.29, 1.82) is 0 Å². The molecule has 21 heavy (non-hydrogen) atoms. The molecular formula is C20H20S. The monoisotopic (exact) mass is 292 g/mol. The third kappa shape index (κ3) is 3.14. The molecule has 0 nitrogen and oxygen atoms in total. The van der Waals surface area contributed by atoms with Crippen LogP contribution >= 0.6 is 11.8 Å². The van der Waals surface area contributed by atoms with Crippen LogP contribution < -0.4 is 0 Å². The fourth-order valence-electron chi connectivity index (χ4n) is 2.83. The summed E-state index contributed by atoms with van der Waals surface area (Å²) in [7, 11) is 0. The van der Waals surface area contributed by atoms with E-state index in [0.29, 0.717) is 0 Å². The fourth-order valence-corrected chi connectivity index (χ4v) is 3.28. The zero-order valence-electron chi connectivity index (χ0n) is 12.6. The van der Waals surface area contributed by atoms with Gasteiger partial charge in [0.15, 0.2) is 0 Å². The zero-order chi connectivity index (χ0) is 14.7. The van der Waals surface area contributed by atoms with E-state index < -0.39 is 0 Å². The lowest BCUT2D eigenvalue weighted by Crippen LogP contribution is -1.96. The van der Waals surface area contributed by atoms with Gasteiger partial charge in [0.25, 0.3) is 0 Å². The minimum atomic E-state index is 1.13. The quantitative estimate of drug-likeness (QED) is 0.627. The minimum absolute atomic E-state index is 1.13. The van der Waals surface area contributed by atoms with Crippen molar-refractivity contribution in [3.8, 4) is 0 Å². The van der Waals surface area contributed by atoms with E-state index in [1.807, 2.05) is 0 Å². The van der Waals surface area contributed by atoms with Crippen LogP contribution in [0.15, 0.2) is 65.6 Å². The second kappa shape index (κ2) is 6.36. The average molecular weight is 292 g/mol. The molecule has 0 unspecified atom stereocenters. The van der Waals surface area contributed by atoms with Crippen LogP contribution in [0, 0.1) is 6.92 Å². The van der Waals surface area contributed by atoms with E-state index in [1.165, 1.54) is 32.7 Å². The molecule has 0 heterocycles. The Morgan fingerprint density at radius 1 is 0.810 bits per heavy atom. The second-order valence-electron chi connectivity index (χ2n) is 5.41. The molecule has 1 heteroatoms. The smallest absolute Gasteiger partial charge is 0.00752 e. The van der Waals surface area contributed by atoms with E-state index in [-0.39, 0.29) is 0 Å². The van der Waals surface area contributed by atoms with Gasteiger partial charge in [-0.3, -0.25) is 0 Å². The van der Waals surface area contributed by atoms with Crippen molar-refractivity contribution in [3.05, 3.63) is 77.4 Å². The molecule has 1 aliphatic rings. The van der Waals surface area contributed by atoms with Gasteiger partial charge in [-0.05, 0) is 60.4 Å². The van der Waals surface area contributed by atoms with Crippen LogP contribution in [0.2, 0.25) is 0 Å². The Morgan fingerprint density at radius 2 is 1.43 bits per heavy atom. The molecule has 2 aromatic carbocycles. The number of rotatable bonds is 3. The molecule has 0 atom stereocenters. The summed E-state index contributed by atoms with van der Waals surface area (Å²) in [6.07, 6.45) is 9.17. The lowest BCUT2D eigenvalue weighted by atomic mass is 9.87. The third-order valence-electron chi connectivity index (χ3n) is 3.86. The van der Waals surface area contributed by atoms with Crippen LogP contribution in [0.1, 0.15) is 29.5 Å². The molecule has 106 valence electrons. The molecule has 3 rings (SSSR count). The molecule has 0 aliphatic heterocycles. The van der Waals surface area contributed by atoms with E-state index in [9.17, 15) is 0 Å². The third-order valence-corrected chi connectivity index (χ3v) is 4.59. The Balaban J connectivity index is 2.04. The number of hydrogen-bond acceptors (Lipinski definition) is 1. The summed E-state index contributed by atoms with van der Waals surface area (Å²) in [5.41, 5.74) is 6.73. The van der Waals surface area contributed by atoms with Gasteiger partial charge in [0.1, 0.15) is 0 Å². The normalized spacial score (nSPS) is 14.6. The molecule has 0 N–H and O–H groups in total. The first kappa shape index (κ1) is 14.2. The highest BCUT2D eigenvalue weighted by molar-refractivity contribution is 7.98. The maximum atomic E-state index is 2.39. The summed E-state index contributed by atoms with van der Waals surface area (Å²) >= 11 is 1.80. The Kier molecular flexibility index (Phi) is 4.31. The highest BCUT2D eigenvalue weighted by atomic mass is 32.2. The molecule has 0 bridgehead atoms. The van der Waals surface area contributed by atoms with E-state index in [1.54, 1.807) is 11.8 Å². The molecule has 1 aliphatic carbocycles. The number of thioether (sulfide) groups is 1. The van der Waals surface area contributed by atoms with Crippen LogP contribution in [-0.2, 0) is 0 Å². The maximum absolute atomic E-state index is 2.39. The van der Waals surface area contributed by atoms with Crippen molar-refractivity contribution >= 4 is 22.9 Å². The van der Waals surface area contributed by atoms with Crippen LogP contribution in [-0.4, -0.2) is 6.26 Å². The average Bonchev–Trinajstić information content (AvgIpc) is 2.55. The molecular weight excluding hydrogens is 272 g/mol. The summed E-state index contributed by atoms with van der Waals surface area (Å²) in [5.74, 6) is 0. The van der Waals surface area contributed by atoms with Gasteiger partial charge in [-0.15, -0.1) is 11.8 Å². The van der Waals surface area contributed by atoms with Crippen molar-refractivity contribution in [1.82, 2.24) is 0 Å². The molecule has 2 aromatic rings. The van der Waals surface area contributed by atoms with Gasteiger partial charge in [0, 0.05) is 4.90 Å². The van der Waals surface area contributed by atoms with Gasteiger partial charge in [0.05, 0.1) is 0 Å². The lowest BCUT2D eigenvalue weighted by molar-refractivity contribution is 1.04. The van der Waals surface area contributed by atoms with Gasteiger partial charge >= 0.3 is 0 Å². The Morgan fingerprint density at radius 3 is 2.05 bits per heavy atom. The molecule has 0 radical (unpaired) electrons. The zero-order valence-corrected chi connectivity index (χ0v) is 13.4. The highest BCUT2D eigenvalue weighted by Gasteiger charge is 2.13. The Hall–Kier alpha value is -1.73. The number of allylic oxidation sites excluding steroid dienone is 4. The van der Waals surface area contributed by atoms with Crippen molar-refractivity contribution in [2.45, 2.75) is 24.7 Å². The molecule has 0 fully saturated rings. The summed E-state index contributed by atoms with van der Waals surface area (Å²) in [6, 6.07) is 17.7. The topological polar surface area (TPSA) is 0 Å². The Bertz CT molecular complexity index is 707. The predicted octanol–water partition coefficient (Wildman–Crippen LogP) is 5.98. The number of benzene rings is 2. The molecule has 0 saturated heterocycles. The SMILES string of the molecule is CSc1cccc(C2=CCCC=C2c2cccc(C)c2)c1. The summed E-state index contributed by atoms with van der Waals surface area (Å²) in [5, 5.41) is 0. The number of aryl methyl sites for hydroxylation is 1. The fraction of sp³-hybridized carbons (Fsp3) is 0.200. The molecule has 0 aromatic heterocycles. The minimum Gasteiger partial charge on any atom is -0.130 e. The maximum Gasteiger partial charge on any atom is 0.00752 e. The summed E-state index contributed by atoms with van der Waals surface area (Å²) in [4.78, 5) is 1.32. The summed E-state index contributed by atoms with van der Waals surface area (Å²) < 4.78 is 0. The van der Waals surface area contributed by atoms with Crippen LogP contribution in [0.4, 0.5) is 0 Å². The van der Waals surface area contributed by atoms with Crippen molar-refractivity contribution in [2.75, 3.05) is 6.26 Å². The first-order valence-electron chi connectivity index (χ1n) is 7.40. The van der Waals surface area contributed by atoms with Crippen molar-refractivity contribution in [3.63, 3.8) is 0 Å². The van der Waals surface area contributed by atoms with Crippen molar-refractivity contribution in [2.24, 2.45) is 0 Å². The van der Waals surface area contributed by atoms with E-state index in [2.05, 4.69) is 73.9 Å². The first-order chi connectivity index (χ1) is 10.3. The van der Waals surface area contributed by atoms with E-state index >= 15 is 0 Å². The van der Waals surface area contributed by atoms with Crippen LogP contribution in [0.3, 0.4) is 0 Å². The lowest BCUT2D eigenvalue weighted by Gasteiger charge is -2.18. The van der Waals surface area contributed by atoms with Gasteiger partial charge < -0.3 is 0 Å². The molecule has 0 spiro atoms. The summed E-state index contributed by atoms with van der Waals surface area (Å²) in [6.45, 7) is 2.16. The van der Waals surface area contributed by atoms with Gasteiger partial charge in [-0.2, -0.15) is 0 Å². The molecule has 0 saturated carbocycles. The largest absolute Gasteiger partial charge is 0.130 e. The standard InChI is InChI=1S/C20H20S/c1-15-7-5-8-16(13-15)19-11-3-4-12-20(19)17-9-6-10-18(14-17)21-2/h5-14H,3-4H2,1-2H3. The first-order valence-corrected chi connectivity index (χ1v) is 8.62. The second-order valence-corrected chi connectivity index (χ2v) is 6.29. The van der Waals surface area contributed by atoms with Gasteiger partial charge in [-0.25, -0.2) is 0 Å². The van der Waals surface area contributed by atoms with Gasteiger partial charge in [0.2, 0.25) is 0 Å². The predicted molar refractivity (Wildman–Crippen MR) is 94.6 cm³/mol. The van der Waals surface area contributed by atoms with Crippen molar-refractivity contribution < 1.29 is 0 Å². The number of hydrogen-bond donors (Lipinski definition) is 0. The Labute approximate surface area is 131 Å². The van der Waals surface area contributed by atoms with E-state index in [4.69, 9.17) is 0 Å². The van der Waals surface area contributed by atoms with E-state index in [0.717, 1.165) is 12.8 Å². The molecule has 0 amide bonds. The van der Waals surface area contributed by atoms with Crippen LogP contribution in [0.5, 0.6) is 0 Å². The van der Waals surface area contributed by atoms with Crippen LogP contribution in [0.25, 0.3) is 11.1 Å². The van der Waals surface area contributed by atoms with Gasteiger partial charge in [-0.1, -0.05) is 54.1 Å². The highest BCUT2D eigenvalue weighted by Crippen LogP contribution is 2.36.